The van der Waals surface area contributed by atoms with Crippen molar-refractivity contribution in [2.45, 2.75) is 12.8 Å². The molecule has 0 saturated heterocycles. The Morgan fingerprint density at radius 3 is 2.53 bits per heavy atom. The van der Waals surface area contributed by atoms with Gasteiger partial charge in [0.2, 0.25) is 0 Å². The van der Waals surface area contributed by atoms with Crippen LogP contribution in [0.1, 0.15) is 5.56 Å². The van der Waals surface area contributed by atoms with E-state index in [1.807, 2.05) is 0 Å². The summed E-state index contributed by atoms with van der Waals surface area (Å²) in [6, 6.07) is 2.88. The van der Waals surface area contributed by atoms with E-state index in [9.17, 15) is 13.2 Å². The molecule has 0 aliphatic heterocycles. The van der Waals surface area contributed by atoms with E-state index in [2.05, 4.69) is 4.74 Å². The average Bonchev–Trinajstić information content (AvgIpc) is 2.34. The van der Waals surface area contributed by atoms with Crippen LogP contribution in [0.3, 0.4) is 0 Å². The monoisotopic (exact) mass is 300 g/mol. The summed E-state index contributed by atoms with van der Waals surface area (Å²) in [4.78, 5) is 0. The van der Waals surface area contributed by atoms with Gasteiger partial charge in [-0.3, -0.25) is 0 Å². The second-order valence-corrected chi connectivity index (χ2v) is 3.90. The zero-order chi connectivity index (χ0) is 14.5. The van der Waals surface area contributed by atoms with Gasteiger partial charge in [0.05, 0.1) is 18.7 Å². The zero-order valence-corrected chi connectivity index (χ0v) is 10.7. The normalized spacial score (nSPS) is 11.5. The van der Waals surface area contributed by atoms with Crippen LogP contribution in [0.2, 0.25) is 5.02 Å². The molecule has 1 N–H and O–H groups in total. The third-order valence-electron chi connectivity index (χ3n) is 2.02. The van der Waals surface area contributed by atoms with Gasteiger partial charge < -0.3 is 19.3 Å². The Balaban J connectivity index is 2.67. The molecule has 0 fully saturated rings. The lowest BCUT2D eigenvalue weighted by atomic mass is 10.2. The number of benzene rings is 1. The topological polar surface area (TPSA) is 47.9 Å². The summed E-state index contributed by atoms with van der Waals surface area (Å²) in [7, 11) is 1.34. The van der Waals surface area contributed by atoms with Gasteiger partial charge in [-0.1, -0.05) is 11.6 Å². The van der Waals surface area contributed by atoms with Crippen molar-refractivity contribution in [3.05, 3.63) is 22.7 Å². The minimum Gasteiger partial charge on any atom is -0.493 e. The molecule has 0 aromatic heterocycles. The summed E-state index contributed by atoms with van der Waals surface area (Å²) in [5.74, 6) is 0.260. The summed E-state index contributed by atoms with van der Waals surface area (Å²) in [5.41, 5.74) is 0.491. The van der Waals surface area contributed by atoms with E-state index in [-0.39, 0.29) is 23.1 Å². The number of hydrogen-bond donors (Lipinski definition) is 1. The maximum absolute atomic E-state index is 11.8. The number of hydrogen-bond acceptors (Lipinski definition) is 4. The highest BCUT2D eigenvalue weighted by atomic mass is 35.5. The minimum atomic E-state index is -4.42. The summed E-state index contributed by atoms with van der Waals surface area (Å²) in [6.45, 7) is -2.28. The minimum absolute atomic E-state index is 0.0588. The fourth-order valence-corrected chi connectivity index (χ4v) is 1.55. The molecule has 19 heavy (non-hydrogen) atoms. The fraction of sp³-hybridized carbons (Fsp3) is 0.455. The Morgan fingerprint density at radius 1 is 1.32 bits per heavy atom. The van der Waals surface area contributed by atoms with Crippen LogP contribution in [0.4, 0.5) is 13.2 Å². The van der Waals surface area contributed by atoms with E-state index in [0.717, 1.165) is 0 Å². The first kappa shape index (κ1) is 15.9. The van der Waals surface area contributed by atoms with Gasteiger partial charge >= 0.3 is 6.18 Å². The predicted octanol–water partition coefficient (Wildman–Crippen LogP) is 2.76. The molecule has 4 nitrogen and oxygen atoms in total. The molecule has 8 heteroatoms. The molecule has 0 bridgehead atoms. The van der Waals surface area contributed by atoms with Crippen LogP contribution in [0, 0.1) is 0 Å². The fourth-order valence-electron chi connectivity index (χ4n) is 1.26. The number of aliphatic hydroxyl groups excluding tert-OH is 1. The Labute approximate surface area is 112 Å². The van der Waals surface area contributed by atoms with Gasteiger partial charge in [0, 0.05) is 0 Å². The lowest BCUT2D eigenvalue weighted by Crippen LogP contribution is -2.19. The molecule has 0 saturated carbocycles. The van der Waals surface area contributed by atoms with Crippen molar-refractivity contribution in [1.29, 1.82) is 0 Å². The number of methoxy groups -OCH3 is 1. The molecule has 0 aliphatic carbocycles. The predicted molar refractivity (Wildman–Crippen MR) is 61.4 cm³/mol. The smallest absolute Gasteiger partial charge is 0.411 e. The van der Waals surface area contributed by atoms with Gasteiger partial charge in [0.1, 0.15) is 6.61 Å². The lowest BCUT2D eigenvalue weighted by molar-refractivity contribution is -0.186. The highest BCUT2D eigenvalue weighted by Crippen LogP contribution is 2.36. The van der Waals surface area contributed by atoms with Gasteiger partial charge in [-0.15, -0.1) is 0 Å². The third-order valence-corrected chi connectivity index (χ3v) is 2.30. The molecule has 1 aromatic rings. The van der Waals surface area contributed by atoms with Gasteiger partial charge in [0.25, 0.3) is 0 Å². The van der Waals surface area contributed by atoms with Gasteiger partial charge in [0.15, 0.2) is 18.3 Å². The van der Waals surface area contributed by atoms with Crippen LogP contribution >= 0.6 is 11.6 Å². The number of aliphatic hydroxyl groups is 1. The second kappa shape index (κ2) is 6.83. The third kappa shape index (κ3) is 5.14. The first-order chi connectivity index (χ1) is 8.87. The Hall–Kier alpha value is -1.18. The van der Waals surface area contributed by atoms with Crippen LogP contribution in [0.25, 0.3) is 0 Å². The van der Waals surface area contributed by atoms with Crippen LogP contribution < -0.4 is 9.47 Å². The van der Waals surface area contributed by atoms with Crippen molar-refractivity contribution >= 4 is 11.6 Å². The molecule has 0 radical (unpaired) electrons. The van der Waals surface area contributed by atoms with Crippen LogP contribution in [-0.2, 0) is 11.3 Å². The molecule has 108 valence electrons. The largest absolute Gasteiger partial charge is 0.493 e. The van der Waals surface area contributed by atoms with Crippen molar-refractivity contribution in [2.24, 2.45) is 0 Å². The maximum atomic E-state index is 11.8. The van der Waals surface area contributed by atoms with E-state index in [4.69, 9.17) is 26.2 Å². The van der Waals surface area contributed by atoms with E-state index in [1.165, 1.54) is 19.2 Å². The molecule has 0 aliphatic rings. The van der Waals surface area contributed by atoms with E-state index < -0.39 is 19.6 Å². The quantitative estimate of drug-likeness (QED) is 0.648. The molecule has 0 spiro atoms. The van der Waals surface area contributed by atoms with Crippen molar-refractivity contribution in [3.63, 3.8) is 0 Å². The van der Waals surface area contributed by atoms with Crippen LogP contribution in [0.15, 0.2) is 12.1 Å². The second-order valence-electron chi connectivity index (χ2n) is 3.49. The Bertz CT molecular complexity index is 423. The first-order valence-corrected chi connectivity index (χ1v) is 5.49. The van der Waals surface area contributed by atoms with Crippen molar-refractivity contribution in [2.75, 3.05) is 20.5 Å². The average molecular weight is 301 g/mol. The Kier molecular flexibility index (Phi) is 5.71. The van der Waals surface area contributed by atoms with E-state index in [1.54, 1.807) is 0 Å². The van der Waals surface area contributed by atoms with E-state index >= 15 is 0 Å². The summed E-state index contributed by atoms with van der Waals surface area (Å²) in [6.07, 6.45) is -4.42. The standard InChI is InChI=1S/C11H12ClF3O4/c1-17-9-3-7(4-16)2-8(12)10(9)19-6-18-5-11(13,14)15/h2-3,16H,4-6H2,1H3. The maximum Gasteiger partial charge on any atom is 0.411 e. The lowest BCUT2D eigenvalue weighted by Gasteiger charge is -2.14. The molecular weight excluding hydrogens is 289 g/mol. The van der Waals surface area contributed by atoms with Gasteiger partial charge in [-0.25, -0.2) is 0 Å². The highest BCUT2D eigenvalue weighted by Gasteiger charge is 2.27. The Morgan fingerprint density at radius 2 is 2.00 bits per heavy atom. The SMILES string of the molecule is COc1cc(CO)cc(Cl)c1OCOCC(F)(F)F. The molecule has 1 aromatic carbocycles. The van der Waals surface area contributed by atoms with Gasteiger partial charge in [-0.05, 0) is 17.7 Å². The molecule has 0 amide bonds. The summed E-state index contributed by atoms with van der Waals surface area (Å²) >= 11 is 5.87. The highest BCUT2D eigenvalue weighted by molar-refractivity contribution is 6.32. The van der Waals surface area contributed by atoms with Gasteiger partial charge in [-0.2, -0.15) is 13.2 Å². The molecule has 0 heterocycles. The van der Waals surface area contributed by atoms with Crippen molar-refractivity contribution in [3.8, 4) is 11.5 Å². The summed E-state index contributed by atoms with van der Waals surface area (Å²) < 4.78 is 49.8. The van der Waals surface area contributed by atoms with Crippen molar-refractivity contribution in [1.82, 2.24) is 0 Å². The van der Waals surface area contributed by atoms with Crippen molar-refractivity contribution < 1.29 is 32.5 Å². The number of ether oxygens (including phenoxy) is 3. The van der Waals surface area contributed by atoms with E-state index in [0.29, 0.717) is 5.56 Å². The molecule has 0 atom stereocenters. The number of alkyl halides is 3. The van der Waals surface area contributed by atoms with Crippen LogP contribution in [0.5, 0.6) is 11.5 Å². The first-order valence-electron chi connectivity index (χ1n) is 5.12. The number of rotatable bonds is 6. The number of halogens is 4. The molecule has 0 unspecified atom stereocenters. The molecule has 1 rings (SSSR count). The summed E-state index contributed by atoms with van der Waals surface area (Å²) in [5, 5.41) is 9.08. The van der Waals surface area contributed by atoms with Crippen LogP contribution in [-0.4, -0.2) is 31.8 Å². The zero-order valence-electron chi connectivity index (χ0n) is 9.96. The molecular formula is C11H12ClF3O4.